The van der Waals surface area contributed by atoms with E-state index in [2.05, 4.69) is 5.32 Å². The van der Waals surface area contributed by atoms with Crippen LogP contribution >= 0.6 is 11.6 Å². The lowest BCUT2D eigenvalue weighted by atomic mass is 10.0. The number of nitrogens with one attached hydrogen (secondary N) is 1. The molecule has 0 heterocycles. The first kappa shape index (κ1) is 32.0. The number of carbonyl (C=O) groups excluding carboxylic acids is 2. The van der Waals surface area contributed by atoms with Crippen molar-refractivity contribution >= 4 is 39.1 Å². The SMILES string of the molecule is CCC(C)NC(=O)C(Cc1ccccc1)N(Cc1ccccc1C)C(=O)CN(c1cc(Cl)ccc1OC)S(C)(=O)=O. The van der Waals surface area contributed by atoms with Crippen molar-refractivity contribution in [1.29, 1.82) is 0 Å². The Labute approximate surface area is 248 Å². The molecule has 220 valence electrons. The predicted molar refractivity (Wildman–Crippen MR) is 164 cm³/mol. The van der Waals surface area contributed by atoms with Crippen molar-refractivity contribution in [2.24, 2.45) is 0 Å². The summed E-state index contributed by atoms with van der Waals surface area (Å²) >= 11 is 6.21. The van der Waals surface area contributed by atoms with E-state index in [-0.39, 0.29) is 41.4 Å². The summed E-state index contributed by atoms with van der Waals surface area (Å²) in [6.07, 6.45) is 1.98. The molecule has 3 aromatic rings. The van der Waals surface area contributed by atoms with Crippen LogP contribution in [-0.4, -0.2) is 57.1 Å². The van der Waals surface area contributed by atoms with Gasteiger partial charge in [-0.2, -0.15) is 0 Å². The van der Waals surface area contributed by atoms with Crippen molar-refractivity contribution in [3.8, 4) is 5.75 Å². The normalized spacial score (nSPS) is 12.7. The average Bonchev–Trinajstić information content (AvgIpc) is 2.94. The Kier molecular flexibility index (Phi) is 11.2. The molecule has 0 fully saturated rings. The fourth-order valence-corrected chi connectivity index (χ4v) is 5.43. The number of anilines is 1. The molecule has 2 unspecified atom stereocenters. The highest BCUT2D eigenvalue weighted by molar-refractivity contribution is 7.92. The zero-order chi connectivity index (χ0) is 30.2. The van der Waals surface area contributed by atoms with Crippen LogP contribution in [0.2, 0.25) is 5.02 Å². The molecule has 0 aromatic heterocycles. The van der Waals surface area contributed by atoms with E-state index in [1.54, 1.807) is 12.1 Å². The van der Waals surface area contributed by atoms with Gasteiger partial charge in [0.2, 0.25) is 21.8 Å². The van der Waals surface area contributed by atoms with Gasteiger partial charge < -0.3 is 15.0 Å². The maximum Gasteiger partial charge on any atom is 0.244 e. The molecule has 0 radical (unpaired) electrons. The second-order valence-electron chi connectivity index (χ2n) is 10.1. The third kappa shape index (κ3) is 8.71. The second-order valence-corrected chi connectivity index (χ2v) is 12.4. The molecule has 0 saturated heterocycles. The molecule has 0 saturated carbocycles. The highest BCUT2D eigenvalue weighted by Gasteiger charge is 2.34. The Hall–Kier alpha value is -3.56. The minimum absolute atomic E-state index is 0.112. The zero-order valence-electron chi connectivity index (χ0n) is 24.1. The van der Waals surface area contributed by atoms with Gasteiger partial charge in [-0.05, 0) is 55.2 Å². The van der Waals surface area contributed by atoms with Gasteiger partial charge in [-0.1, -0.05) is 73.1 Å². The van der Waals surface area contributed by atoms with Gasteiger partial charge in [0.05, 0.1) is 19.1 Å². The summed E-state index contributed by atoms with van der Waals surface area (Å²) in [5.41, 5.74) is 2.80. The Bertz CT molecular complexity index is 1450. The maximum absolute atomic E-state index is 14.2. The Morgan fingerprint density at radius 3 is 2.29 bits per heavy atom. The summed E-state index contributed by atoms with van der Waals surface area (Å²) in [4.78, 5) is 29.5. The van der Waals surface area contributed by atoms with Crippen molar-refractivity contribution in [2.75, 3.05) is 24.2 Å². The number of hydrogen-bond acceptors (Lipinski definition) is 5. The Morgan fingerprint density at radius 2 is 1.68 bits per heavy atom. The second kappa shape index (κ2) is 14.4. The number of ether oxygens (including phenoxy) is 1. The number of sulfonamides is 1. The lowest BCUT2D eigenvalue weighted by molar-refractivity contribution is -0.140. The molecule has 0 bridgehead atoms. The summed E-state index contributed by atoms with van der Waals surface area (Å²) in [7, 11) is -2.55. The summed E-state index contributed by atoms with van der Waals surface area (Å²) in [5.74, 6) is -0.606. The molecule has 0 spiro atoms. The quantitative estimate of drug-likeness (QED) is 0.299. The van der Waals surface area contributed by atoms with Crippen molar-refractivity contribution in [3.05, 3.63) is 94.5 Å². The van der Waals surface area contributed by atoms with Crippen LogP contribution in [0.15, 0.2) is 72.8 Å². The van der Waals surface area contributed by atoms with Crippen LogP contribution in [-0.2, 0) is 32.6 Å². The molecule has 10 heteroatoms. The minimum atomic E-state index is -3.96. The number of nitrogens with zero attached hydrogens (tertiary/aromatic N) is 2. The molecule has 1 N–H and O–H groups in total. The number of halogens is 1. The van der Waals surface area contributed by atoms with Gasteiger partial charge in [-0.25, -0.2) is 8.42 Å². The van der Waals surface area contributed by atoms with E-state index >= 15 is 0 Å². The predicted octanol–water partition coefficient (Wildman–Crippen LogP) is 4.98. The summed E-state index contributed by atoms with van der Waals surface area (Å²) < 4.78 is 32.4. The van der Waals surface area contributed by atoms with E-state index in [9.17, 15) is 18.0 Å². The molecule has 2 atom stereocenters. The van der Waals surface area contributed by atoms with Crippen molar-refractivity contribution in [1.82, 2.24) is 10.2 Å². The maximum atomic E-state index is 14.2. The third-order valence-electron chi connectivity index (χ3n) is 6.96. The summed E-state index contributed by atoms with van der Waals surface area (Å²) in [5, 5.41) is 3.31. The van der Waals surface area contributed by atoms with Crippen LogP contribution in [0.25, 0.3) is 0 Å². The molecule has 0 aliphatic rings. The van der Waals surface area contributed by atoms with Crippen LogP contribution in [0.4, 0.5) is 5.69 Å². The van der Waals surface area contributed by atoms with Gasteiger partial charge in [-0.15, -0.1) is 0 Å². The molecule has 3 aromatic carbocycles. The van der Waals surface area contributed by atoms with Gasteiger partial charge in [0.15, 0.2) is 0 Å². The van der Waals surface area contributed by atoms with Crippen LogP contribution in [0.1, 0.15) is 37.0 Å². The van der Waals surface area contributed by atoms with Crippen LogP contribution < -0.4 is 14.4 Å². The van der Waals surface area contributed by atoms with Gasteiger partial charge in [0.25, 0.3) is 0 Å². The number of amides is 2. The number of hydrogen-bond donors (Lipinski definition) is 1. The van der Waals surface area contributed by atoms with E-state index in [4.69, 9.17) is 16.3 Å². The van der Waals surface area contributed by atoms with Crippen molar-refractivity contribution < 1.29 is 22.7 Å². The fourth-order valence-electron chi connectivity index (χ4n) is 4.42. The molecule has 0 aliphatic heterocycles. The first-order valence-electron chi connectivity index (χ1n) is 13.4. The minimum Gasteiger partial charge on any atom is -0.495 e. The Balaban J connectivity index is 2.11. The smallest absolute Gasteiger partial charge is 0.244 e. The largest absolute Gasteiger partial charge is 0.495 e. The topological polar surface area (TPSA) is 96.0 Å². The number of rotatable bonds is 13. The van der Waals surface area contributed by atoms with Crippen molar-refractivity contribution in [3.63, 3.8) is 0 Å². The fraction of sp³-hybridized carbons (Fsp3) is 0.355. The van der Waals surface area contributed by atoms with Crippen LogP contribution in [0, 0.1) is 6.92 Å². The van der Waals surface area contributed by atoms with Gasteiger partial charge in [-0.3, -0.25) is 13.9 Å². The number of methoxy groups -OCH3 is 1. The average molecular weight is 600 g/mol. The van der Waals surface area contributed by atoms with Gasteiger partial charge in [0, 0.05) is 24.0 Å². The van der Waals surface area contributed by atoms with Gasteiger partial charge >= 0.3 is 0 Å². The standard InChI is InChI=1S/C31H38ClN3O5S/c1-6-23(3)33-31(37)28(18-24-13-8-7-9-14-24)34(20-25-15-11-10-12-22(25)2)30(36)21-35(41(5,38)39)27-19-26(32)16-17-29(27)40-4/h7-17,19,23,28H,6,18,20-21H2,1-5H3,(H,33,37). The molecule has 41 heavy (non-hydrogen) atoms. The summed E-state index contributed by atoms with van der Waals surface area (Å²) in [6, 6.07) is 20.6. The van der Waals surface area contributed by atoms with Crippen molar-refractivity contribution in [2.45, 2.75) is 52.2 Å². The molecule has 8 nitrogen and oxygen atoms in total. The number of carbonyl (C=O) groups is 2. The summed E-state index contributed by atoms with van der Waals surface area (Å²) in [6.45, 7) is 5.37. The molecule has 0 aliphatic carbocycles. The van der Waals surface area contributed by atoms with E-state index in [0.717, 1.165) is 27.3 Å². The molecular weight excluding hydrogens is 562 g/mol. The highest BCUT2D eigenvalue weighted by Crippen LogP contribution is 2.33. The lowest BCUT2D eigenvalue weighted by Gasteiger charge is -2.34. The Morgan fingerprint density at radius 1 is 1.02 bits per heavy atom. The van der Waals surface area contributed by atoms with Gasteiger partial charge in [0.1, 0.15) is 18.3 Å². The monoisotopic (exact) mass is 599 g/mol. The first-order valence-corrected chi connectivity index (χ1v) is 15.7. The van der Waals surface area contributed by atoms with E-state index in [0.29, 0.717) is 6.42 Å². The zero-order valence-corrected chi connectivity index (χ0v) is 25.7. The molecular formula is C31H38ClN3O5S. The van der Waals surface area contributed by atoms with E-state index < -0.39 is 28.5 Å². The number of aryl methyl sites for hydroxylation is 1. The molecule has 3 rings (SSSR count). The van der Waals surface area contributed by atoms with Crippen LogP contribution in [0.3, 0.4) is 0 Å². The third-order valence-corrected chi connectivity index (χ3v) is 8.32. The lowest BCUT2D eigenvalue weighted by Crippen LogP contribution is -2.54. The highest BCUT2D eigenvalue weighted by atomic mass is 35.5. The van der Waals surface area contributed by atoms with E-state index in [1.807, 2.05) is 75.4 Å². The number of benzene rings is 3. The van der Waals surface area contributed by atoms with E-state index in [1.165, 1.54) is 18.1 Å². The molecule has 2 amide bonds. The first-order chi connectivity index (χ1) is 19.4. The van der Waals surface area contributed by atoms with Crippen LogP contribution in [0.5, 0.6) is 5.75 Å².